The molecule has 158 valence electrons. The summed E-state index contributed by atoms with van der Waals surface area (Å²) < 4.78 is 10.5. The monoisotopic (exact) mass is 445 g/mol. The Morgan fingerprint density at radius 1 is 1.37 bits per heavy atom. The molecule has 9 heteroatoms. The third-order valence-electron chi connectivity index (χ3n) is 5.16. The highest BCUT2D eigenvalue weighted by Crippen LogP contribution is 2.36. The average Bonchev–Trinajstić information content (AvgIpc) is 3.09. The first-order valence-electron chi connectivity index (χ1n) is 9.67. The van der Waals surface area contributed by atoms with Gasteiger partial charge in [-0.1, -0.05) is 18.7 Å². The number of benzene rings is 1. The minimum absolute atomic E-state index is 0.108. The number of aryl methyl sites for hydroxylation is 1. The lowest BCUT2D eigenvalue weighted by Crippen LogP contribution is -2.16. The Labute approximate surface area is 182 Å². The van der Waals surface area contributed by atoms with E-state index in [1.165, 1.54) is 23.7 Å². The van der Waals surface area contributed by atoms with E-state index in [1.54, 1.807) is 36.6 Å². The van der Waals surface area contributed by atoms with Crippen LogP contribution in [-0.2, 0) is 17.6 Å². The fourth-order valence-corrected chi connectivity index (χ4v) is 5.73. The van der Waals surface area contributed by atoms with Gasteiger partial charge in [0.05, 0.1) is 31.0 Å². The van der Waals surface area contributed by atoms with E-state index in [2.05, 4.69) is 22.2 Å². The van der Waals surface area contributed by atoms with Gasteiger partial charge in [0, 0.05) is 10.9 Å². The van der Waals surface area contributed by atoms with Gasteiger partial charge in [0.2, 0.25) is 5.91 Å². The number of aromatic amines is 1. The van der Waals surface area contributed by atoms with Crippen LogP contribution in [-0.4, -0.2) is 35.8 Å². The molecule has 0 aliphatic heterocycles. The standard InChI is InChI=1S/C21H23N3O4S2/c1-11-4-6-13-16(8-11)30-20-18(13)19(26)23-21(24-20)29-10-17(25)22-14-9-12(27-2)5-7-15(14)28-3/h5,7,9,11H,4,6,8,10H2,1-3H3,(H,22,25)(H,23,24,26)/t11-/m0/s1. The zero-order chi connectivity index (χ0) is 21.3. The van der Waals surface area contributed by atoms with Crippen LogP contribution in [0.15, 0.2) is 28.2 Å². The third-order valence-corrected chi connectivity index (χ3v) is 7.19. The van der Waals surface area contributed by atoms with Gasteiger partial charge < -0.3 is 19.8 Å². The highest BCUT2D eigenvalue weighted by Gasteiger charge is 2.23. The second-order valence-electron chi connectivity index (χ2n) is 7.31. The number of ether oxygens (including phenoxy) is 2. The molecule has 30 heavy (non-hydrogen) atoms. The van der Waals surface area contributed by atoms with Crippen LogP contribution in [0, 0.1) is 5.92 Å². The molecule has 0 radical (unpaired) electrons. The normalized spacial score (nSPS) is 15.6. The maximum absolute atomic E-state index is 12.7. The maximum atomic E-state index is 12.7. The van der Waals surface area contributed by atoms with Crippen molar-refractivity contribution in [2.75, 3.05) is 25.3 Å². The first-order chi connectivity index (χ1) is 14.5. The molecule has 1 aliphatic carbocycles. The van der Waals surface area contributed by atoms with E-state index in [0.29, 0.717) is 28.3 Å². The van der Waals surface area contributed by atoms with Gasteiger partial charge in [-0.15, -0.1) is 11.3 Å². The summed E-state index contributed by atoms with van der Waals surface area (Å²) in [6, 6.07) is 5.19. The zero-order valence-corrected chi connectivity index (χ0v) is 18.7. The summed E-state index contributed by atoms with van der Waals surface area (Å²) in [4.78, 5) is 34.6. The van der Waals surface area contributed by atoms with Crippen LogP contribution in [0.1, 0.15) is 23.8 Å². The van der Waals surface area contributed by atoms with Crippen LogP contribution in [0.5, 0.6) is 11.5 Å². The van der Waals surface area contributed by atoms with E-state index in [9.17, 15) is 9.59 Å². The lowest BCUT2D eigenvalue weighted by molar-refractivity contribution is -0.113. The van der Waals surface area contributed by atoms with Crippen molar-refractivity contribution in [3.63, 3.8) is 0 Å². The number of anilines is 1. The molecule has 0 spiro atoms. The minimum atomic E-state index is -0.228. The van der Waals surface area contributed by atoms with E-state index < -0.39 is 0 Å². The van der Waals surface area contributed by atoms with Gasteiger partial charge in [0.1, 0.15) is 16.3 Å². The Kier molecular flexibility index (Phi) is 6.01. The van der Waals surface area contributed by atoms with Gasteiger partial charge in [-0.25, -0.2) is 4.98 Å². The molecule has 1 atom stereocenters. The Balaban J connectivity index is 1.49. The highest BCUT2D eigenvalue weighted by atomic mass is 32.2. The van der Waals surface area contributed by atoms with Gasteiger partial charge >= 0.3 is 0 Å². The Bertz CT molecular complexity index is 1160. The van der Waals surface area contributed by atoms with Crippen LogP contribution in [0.25, 0.3) is 10.2 Å². The number of nitrogens with one attached hydrogen (secondary N) is 2. The molecule has 0 fully saturated rings. The summed E-state index contributed by atoms with van der Waals surface area (Å²) in [5, 5.41) is 3.99. The number of methoxy groups -OCH3 is 2. The molecule has 0 saturated heterocycles. The second-order valence-corrected chi connectivity index (χ2v) is 9.35. The van der Waals surface area contributed by atoms with E-state index in [-0.39, 0.29) is 17.2 Å². The van der Waals surface area contributed by atoms with Crippen LogP contribution in [0.3, 0.4) is 0 Å². The molecular weight excluding hydrogens is 422 g/mol. The van der Waals surface area contributed by atoms with Crippen molar-refractivity contribution in [3.05, 3.63) is 39.0 Å². The Morgan fingerprint density at radius 2 is 2.20 bits per heavy atom. The number of amides is 1. The van der Waals surface area contributed by atoms with E-state index >= 15 is 0 Å². The summed E-state index contributed by atoms with van der Waals surface area (Å²) in [6.45, 7) is 2.24. The van der Waals surface area contributed by atoms with E-state index in [4.69, 9.17) is 9.47 Å². The van der Waals surface area contributed by atoms with Crippen LogP contribution in [0.2, 0.25) is 0 Å². The molecule has 0 saturated carbocycles. The predicted molar refractivity (Wildman–Crippen MR) is 120 cm³/mol. The smallest absolute Gasteiger partial charge is 0.260 e. The number of H-pyrrole nitrogens is 1. The third kappa shape index (κ3) is 4.17. The van der Waals surface area contributed by atoms with Crippen molar-refractivity contribution in [2.45, 2.75) is 31.3 Å². The fourth-order valence-electron chi connectivity index (χ4n) is 3.63. The first-order valence-corrected chi connectivity index (χ1v) is 11.5. The van der Waals surface area contributed by atoms with Gasteiger partial charge in [-0.05, 0) is 42.9 Å². The molecule has 2 N–H and O–H groups in total. The lowest BCUT2D eigenvalue weighted by Gasteiger charge is -2.17. The van der Waals surface area contributed by atoms with Crippen molar-refractivity contribution < 1.29 is 14.3 Å². The fraction of sp³-hybridized carbons (Fsp3) is 0.381. The number of hydrogen-bond donors (Lipinski definition) is 2. The summed E-state index contributed by atoms with van der Waals surface area (Å²) in [5.74, 6) is 1.67. The maximum Gasteiger partial charge on any atom is 0.260 e. The molecule has 1 aromatic carbocycles. The van der Waals surface area contributed by atoms with Crippen molar-refractivity contribution in [2.24, 2.45) is 5.92 Å². The molecule has 1 aliphatic rings. The average molecular weight is 446 g/mol. The number of nitrogens with zero attached hydrogens (tertiary/aromatic N) is 1. The minimum Gasteiger partial charge on any atom is -0.497 e. The molecule has 2 heterocycles. The van der Waals surface area contributed by atoms with Gasteiger partial charge in [0.15, 0.2) is 5.16 Å². The molecule has 0 bridgehead atoms. The van der Waals surface area contributed by atoms with E-state index in [1.807, 2.05) is 0 Å². The molecule has 1 amide bonds. The topological polar surface area (TPSA) is 93.3 Å². The summed E-state index contributed by atoms with van der Waals surface area (Å²) in [6.07, 6.45) is 3.03. The number of carbonyl (C=O) groups excluding carboxylic acids is 1. The number of thioether (sulfide) groups is 1. The summed E-state index contributed by atoms with van der Waals surface area (Å²) in [7, 11) is 3.10. The van der Waals surface area contributed by atoms with Crippen molar-refractivity contribution in [1.29, 1.82) is 0 Å². The quantitative estimate of drug-likeness (QED) is 0.442. The lowest BCUT2D eigenvalue weighted by atomic mass is 9.89. The van der Waals surface area contributed by atoms with Crippen molar-refractivity contribution in [3.8, 4) is 11.5 Å². The molecule has 0 unspecified atom stereocenters. The molecule has 7 nitrogen and oxygen atoms in total. The number of aromatic nitrogens is 2. The molecule has 4 rings (SSSR count). The summed E-state index contributed by atoms with van der Waals surface area (Å²) >= 11 is 2.80. The van der Waals surface area contributed by atoms with Crippen LogP contribution in [0.4, 0.5) is 5.69 Å². The van der Waals surface area contributed by atoms with Crippen LogP contribution >= 0.6 is 23.1 Å². The van der Waals surface area contributed by atoms with Crippen molar-refractivity contribution >= 4 is 44.9 Å². The Hall–Kier alpha value is -2.52. The number of hydrogen-bond acceptors (Lipinski definition) is 7. The van der Waals surface area contributed by atoms with Crippen molar-refractivity contribution in [1.82, 2.24) is 9.97 Å². The molecular formula is C21H23N3O4S2. The molecule has 2 aromatic heterocycles. The highest BCUT2D eigenvalue weighted by molar-refractivity contribution is 7.99. The molecule has 3 aromatic rings. The second kappa shape index (κ2) is 8.69. The number of thiophene rings is 1. The summed E-state index contributed by atoms with van der Waals surface area (Å²) in [5.41, 5.74) is 1.56. The predicted octanol–water partition coefficient (Wildman–Crippen LogP) is 3.86. The number of rotatable bonds is 6. The first kappa shape index (κ1) is 20.7. The number of carbonyl (C=O) groups is 1. The zero-order valence-electron chi connectivity index (χ0n) is 17.0. The number of fused-ring (bicyclic) bond motifs is 3. The van der Waals surface area contributed by atoms with Crippen LogP contribution < -0.4 is 20.3 Å². The van der Waals surface area contributed by atoms with Gasteiger partial charge in [-0.3, -0.25) is 9.59 Å². The SMILES string of the molecule is COc1ccc(OC)c(NC(=O)CSc2nc3sc4c(c3c(=O)[nH]2)CC[C@H](C)C4)c1. The largest absolute Gasteiger partial charge is 0.497 e. The van der Waals surface area contributed by atoms with E-state index in [0.717, 1.165) is 35.0 Å². The van der Waals surface area contributed by atoms with Gasteiger partial charge in [-0.2, -0.15) is 0 Å². The van der Waals surface area contributed by atoms with Gasteiger partial charge in [0.25, 0.3) is 5.56 Å². The Morgan fingerprint density at radius 3 is 2.97 bits per heavy atom.